The number of unbranched alkanes of at least 4 members (excludes halogenated alkanes) is 1. The number of hydrogen-bond donors (Lipinski definition) is 0. The van der Waals surface area contributed by atoms with E-state index in [2.05, 4.69) is 6.92 Å². The number of rotatable bonds is 10. The molecule has 0 aliphatic rings. The second kappa shape index (κ2) is 10.8. The highest BCUT2D eigenvalue weighted by Gasteiger charge is 2.10. The van der Waals surface area contributed by atoms with Gasteiger partial charge in [0.15, 0.2) is 12.4 Å². The summed E-state index contributed by atoms with van der Waals surface area (Å²) in [5, 5.41) is 0. The van der Waals surface area contributed by atoms with Crippen LogP contribution < -0.4 is 14.2 Å². The number of ketones is 1. The Balaban J connectivity index is 1.50. The van der Waals surface area contributed by atoms with Crippen molar-refractivity contribution in [1.29, 1.82) is 0 Å². The first-order valence-electron chi connectivity index (χ1n) is 9.92. The molecule has 0 fully saturated rings. The normalized spacial score (nSPS) is 10.3. The number of esters is 1. The van der Waals surface area contributed by atoms with E-state index in [4.69, 9.17) is 14.2 Å². The number of hydrogen-bond acceptors (Lipinski definition) is 5. The second-order valence-corrected chi connectivity index (χ2v) is 6.66. The molecule has 3 aromatic rings. The summed E-state index contributed by atoms with van der Waals surface area (Å²) in [7, 11) is 0. The average molecular weight is 404 g/mol. The van der Waals surface area contributed by atoms with Crippen LogP contribution in [0, 0.1) is 0 Å². The summed E-state index contributed by atoms with van der Waals surface area (Å²) in [4.78, 5) is 24.5. The molecule has 0 N–H and O–H groups in total. The van der Waals surface area contributed by atoms with Crippen LogP contribution in [-0.4, -0.2) is 25.0 Å². The van der Waals surface area contributed by atoms with E-state index in [1.807, 2.05) is 30.3 Å². The topological polar surface area (TPSA) is 61.8 Å². The van der Waals surface area contributed by atoms with Crippen molar-refractivity contribution in [3.05, 3.63) is 90.0 Å². The van der Waals surface area contributed by atoms with Gasteiger partial charge in [0.2, 0.25) is 0 Å². The van der Waals surface area contributed by atoms with E-state index in [1.54, 1.807) is 48.5 Å². The third-order valence-electron chi connectivity index (χ3n) is 4.31. The molecule has 30 heavy (non-hydrogen) atoms. The predicted molar refractivity (Wildman–Crippen MR) is 114 cm³/mol. The monoisotopic (exact) mass is 404 g/mol. The van der Waals surface area contributed by atoms with E-state index in [0.717, 1.165) is 12.8 Å². The molecule has 0 radical (unpaired) electrons. The lowest BCUT2D eigenvalue weighted by molar-refractivity contribution is -0.136. The van der Waals surface area contributed by atoms with Crippen molar-refractivity contribution >= 4 is 11.8 Å². The molecule has 0 aliphatic heterocycles. The van der Waals surface area contributed by atoms with Crippen LogP contribution >= 0.6 is 0 Å². The van der Waals surface area contributed by atoms with Gasteiger partial charge in [-0.05, 0) is 42.8 Å². The number of ether oxygens (including phenoxy) is 3. The predicted octanol–water partition coefficient (Wildman–Crippen LogP) is 5.08. The van der Waals surface area contributed by atoms with E-state index >= 15 is 0 Å². The Bertz CT molecular complexity index is 964. The molecule has 0 spiro atoms. The Hall–Kier alpha value is -3.60. The highest BCUT2D eigenvalue weighted by Crippen LogP contribution is 2.20. The van der Waals surface area contributed by atoms with Crippen LogP contribution in [0.4, 0.5) is 0 Å². The fraction of sp³-hybridized carbons (Fsp3) is 0.200. The molecule has 154 valence electrons. The fourth-order valence-corrected chi connectivity index (χ4v) is 2.72. The molecule has 0 saturated carbocycles. The smallest absolute Gasteiger partial charge is 0.349 e. The fourth-order valence-electron chi connectivity index (χ4n) is 2.72. The van der Waals surface area contributed by atoms with Crippen molar-refractivity contribution in [3.8, 4) is 17.2 Å². The van der Waals surface area contributed by atoms with E-state index in [1.165, 1.54) is 0 Å². The molecular formula is C25H24O5. The molecule has 0 atom stereocenters. The molecular weight excluding hydrogens is 380 g/mol. The Labute approximate surface area is 176 Å². The molecule has 0 amide bonds. The van der Waals surface area contributed by atoms with Crippen LogP contribution in [0.1, 0.15) is 35.7 Å². The Morgan fingerprint density at radius 3 is 2.10 bits per heavy atom. The minimum Gasteiger partial charge on any atom is -0.493 e. The van der Waals surface area contributed by atoms with Crippen molar-refractivity contribution in [3.63, 3.8) is 0 Å². The van der Waals surface area contributed by atoms with Gasteiger partial charge in [-0.25, -0.2) is 4.79 Å². The van der Waals surface area contributed by atoms with E-state index in [-0.39, 0.29) is 12.4 Å². The summed E-state index contributed by atoms with van der Waals surface area (Å²) in [6.07, 6.45) is 2.04. The van der Waals surface area contributed by atoms with Crippen molar-refractivity contribution < 1.29 is 23.8 Å². The minimum absolute atomic E-state index is 0.0853. The molecule has 3 aromatic carbocycles. The SMILES string of the molecule is CCCCOc1cccc(OCC(=O)Oc2ccc(C(=O)c3ccccc3)cc2)c1. The zero-order valence-electron chi connectivity index (χ0n) is 16.9. The van der Waals surface area contributed by atoms with E-state index in [9.17, 15) is 9.59 Å². The van der Waals surface area contributed by atoms with Crippen molar-refractivity contribution in [2.24, 2.45) is 0 Å². The first-order valence-corrected chi connectivity index (χ1v) is 9.92. The molecule has 0 heterocycles. The highest BCUT2D eigenvalue weighted by atomic mass is 16.6. The van der Waals surface area contributed by atoms with Gasteiger partial charge in [0.05, 0.1) is 6.61 Å². The van der Waals surface area contributed by atoms with Gasteiger partial charge in [-0.2, -0.15) is 0 Å². The van der Waals surface area contributed by atoms with Gasteiger partial charge in [-0.15, -0.1) is 0 Å². The number of carbonyl (C=O) groups excluding carboxylic acids is 2. The third kappa shape index (κ3) is 6.21. The van der Waals surface area contributed by atoms with E-state index < -0.39 is 5.97 Å². The molecule has 0 unspecified atom stereocenters. The molecule has 0 aliphatic carbocycles. The molecule has 3 rings (SSSR count). The lowest BCUT2D eigenvalue weighted by Crippen LogP contribution is -2.17. The first-order chi connectivity index (χ1) is 14.7. The van der Waals surface area contributed by atoms with Crippen molar-refractivity contribution in [1.82, 2.24) is 0 Å². The zero-order valence-corrected chi connectivity index (χ0v) is 16.9. The largest absolute Gasteiger partial charge is 0.493 e. The summed E-state index contributed by atoms with van der Waals surface area (Å²) in [5.74, 6) is 0.967. The Morgan fingerprint density at radius 2 is 1.40 bits per heavy atom. The maximum Gasteiger partial charge on any atom is 0.349 e. The van der Waals surface area contributed by atoms with Gasteiger partial charge in [0.1, 0.15) is 17.2 Å². The number of benzene rings is 3. The first kappa shape index (κ1) is 21.1. The average Bonchev–Trinajstić information content (AvgIpc) is 2.79. The van der Waals surface area contributed by atoms with Gasteiger partial charge < -0.3 is 14.2 Å². The summed E-state index contributed by atoms with van der Waals surface area (Å²) < 4.78 is 16.4. The molecule has 0 aromatic heterocycles. The van der Waals surface area contributed by atoms with Crippen LogP contribution in [0.5, 0.6) is 17.2 Å². The summed E-state index contributed by atoms with van der Waals surface area (Å²) >= 11 is 0. The second-order valence-electron chi connectivity index (χ2n) is 6.66. The summed E-state index contributed by atoms with van der Waals surface area (Å²) in [6, 6.07) is 22.6. The number of carbonyl (C=O) groups is 2. The van der Waals surface area contributed by atoms with Gasteiger partial charge in [-0.1, -0.05) is 49.7 Å². The molecule has 0 bridgehead atoms. The standard InChI is InChI=1S/C25H24O5/c1-2-3-16-28-22-10-7-11-23(17-22)29-18-24(26)30-21-14-12-20(13-15-21)25(27)19-8-5-4-6-9-19/h4-15,17H,2-3,16,18H2,1H3. The molecule has 0 saturated heterocycles. The van der Waals surface area contributed by atoms with Crippen LogP contribution in [0.25, 0.3) is 0 Å². The van der Waals surface area contributed by atoms with Crippen molar-refractivity contribution in [2.45, 2.75) is 19.8 Å². The van der Waals surface area contributed by atoms with Crippen LogP contribution in [-0.2, 0) is 4.79 Å². The maximum atomic E-state index is 12.4. The van der Waals surface area contributed by atoms with Gasteiger partial charge in [0.25, 0.3) is 0 Å². The molecule has 5 nitrogen and oxygen atoms in total. The van der Waals surface area contributed by atoms with Crippen LogP contribution in [0.15, 0.2) is 78.9 Å². The molecule has 5 heteroatoms. The zero-order chi connectivity index (χ0) is 21.2. The van der Waals surface area contributed by atoms with E-state index in [0.29, 0.717) is 35.0 Å². The van der Waals surface area contributed by atoms with Crippen LogP contribution in [0.3, 0.4) is 0 Å². The van der Waals surface area contributed by atoms with Gasteiger partial charge in [0, 0.05) is 17.2 Å². The Kier molecular flexibility index (Phi) is 7.61. The maximum absolute atomic E-state index is 12.4. The third-order valence-corrected chi connectivity index (χ3v) is 4.31. The van der Waals surface area contributed by atoms with Crippen molar-refractivity contribution in [2.75, 3.05) is 13.2 Å². The van der Waals surface area contributed by atoms with Gasteiger partial charge in [-0.3, -0.25) is 4.79 Å². The quantitative estimate of drug-likeness (QED) is 0.204. The highest BCUT2D eigenvalue weighted by molar-refractivity contribution is 6.09. The minimum atomic E-state index is -0.533. The van der Waals surface area contributed by atoms with Gasteiger partial charge >= 0.3 is 5.97 Å². The lowest BCUT2D eigenvalue weighted by atomic mass is 10.0. The lowest BCUT2D eigenvalue weighted by Gasteiger charge is -2.09. The van der Waals surface area contributed by atoms with Crippen LogP contribution in [0.2, 0.25) is 0 Å². The summed E-state index contributed by atoms with van der Waals surface area (Å²) in [6.45, 7) is 2.51. The Morgan fingerprint density at radius 1 is 0.733 bits per heavy atom. The summed E-state index contributed by atoms with van der Waals surface area (Å²) in [5.41, 5.74) is 1.13.